The minimum atomic E-state index is 0.801. The number of nitrogens with zero attached hydrogens (tertiary/aromatic N) is 1. The Bertz CT molecular complexity index is 761. The highest BCUT2D eigenvalue weighted by Gasteiger charge is 2.23. The number of rotatable bonds is 4. The molecule has 1 heteroatoms. The van der Waals surface area contributed by atoms with Crippen molar-refractivity contribution in [3.05, 3.63) is 96.2 Å². The van der Waals surface area contributed by atoms with Gasteiger partial charge in [0.05, 0.1) is 0 Å². The van der Waals surface area contributed by atoms with E-state index in [0.29, 0.717) is 0 Å². The third-order valence-corrected chi connectivity index (χ3v) is 4.67. The first-order chi connectivity index (χ1) is 11.9. The van der Waals surface area contributed by atoms with Crippen LogP contribution in [0.4, 0.5) is 11.4 Å². The predicted octanol–water partition coefficient (Wildman–Crippen LogP) is 6.49. The maximum absolute atomic E-state index is 2.35. The van der Waals surface area contributed by atoms with E-state index in [-0.39, 0.29) is 0 Å². The second kappa shape index (κ2) is 6.92. The number of para-hydroxylation sites is 1. The van der Waals surface area contributed by atoms with Crippen LogP contribution in [0.3, 0.4) is 0 Å². The average molecular weight is 313 g/mol. The number of benzene rings is 2. The Hall–Kier alpha value is -2.54. The molecule has 2 aromatic rings. The van der Waals surface area contributed by atoms with E-state index in [9.17, 15) is 0 Å². The molecule has 1 nitrogen and oxygen atoms in total. The molecule has 0 aliphatic heterocycles. The number of allylic oxidation sites excluding steroid dienone is 5. The van der Waals surface area contributed by atoms with Crippen LogP contribution >= 0.6 is 0 Å². The van der Waals surface area contributed by atoms with Crippen LogP contribution in [0, 0.1) is 0 Å². The summed E-state index contributed by atoms with van der Waals surface area (Å²) in [5, 5.41) is 0. The summed E-state index contributed by atoms with van der Waals surface area (Å²) in [6, 6.07) is 19.8. The summed E-state index contributed by atoms with van der Waals surface area (Å²) in [5.41, 5.74) is 5.16. The van der Waals surface area contributed by atoms with Crippen LogP contribution in [0.5, 0.6) is 0 Å². The maximum Gasteiger partial charge on any atom is 0.0461 e. The van der Waals surface area contributed by atoms with E-state index in [0.717, 1.165) is 18.8 Å². The van der Waals surface area contributed by atoms with Gasteiger partial charge in [-0.05, 0) is 67.5 Å². The van der Waals surface area contributed by atoms with Crippen molar-refractivity contribution in [2.75, 3.05) is 4.90 Å². The summed E-state index contributed by atoms with van der Waals surface area (Å²) >= 11 is 0. The lowest BCUT2D eigenvalue weighted by Crippen LogP contribution is -2.15. The van der Waals surface area contributed by atoms with E-state index in [2.05, 4.69) is 89.9 Å². The molecule has 0 radical (unpaired) electrons. The Morgan fingerprint density at radius 3 is 2.25 bits per heavy atom. The maximum atomic E-state index is 2.35. The largest absolute Gasteiger partial charge is 0.311 e. The third-order valence-electron chi connectivity index (χ3n) is 4.67. The SMILES string of the molecule is C1=C/CC\C=C(N(c2ccccc2)c2ccc(C3CC3)cc2)/C=C\1. The van der Waals surface area contributed by atoms with Gasteiger partial charge in [0, 0.05) is 17.1 Å². The van der Waals surface area contributed by atoms with E-state index in [4.69, 9.17) is 0 Å². The van der Waals surface area contributed by atoms with Gasteiger partial charge in [0.1, 0.15) is 0 Å². The van der Waals surface area contributed by atoms with Crippen LogP contribution in [-0.4, -0.2) is 0 Å². The minimum absolute atomic E-state index is 0.801. The summed E-state index contributed by atoms with van der Waals surface area (Å²) in [7, 11) is 0. The van der Waals surface area contributed by atoms with Crippen molar-refractivity contribution >= 4 is 11.4 Å². The summed E-state index contributed by atoms with van der Waals surface area (Å²) in [5.74, 6) is 0.801. The van der Waals surface area contributed by atoms with Crippen LogP contribution in [0.1, 0.15) is 37.2 Å². The smallest absolute Gasteiger partial charge is 0.0461 e. The minimum Gasteiger partial charge on any atom is -0.311 e. The fourth-order valence-electron chi connectivity index (χ4n) is 3.23. The lowest BCUT2D eigenvalue weighted by atomic mass is 10.1. The molecule has 2 aliphatic carbocycles. The molecule has 0 bridgehead atoms. The predicted molar refractivity (Wildman–Crippen MR) is 103 cm³/mol. The zero-order valence-electron chi connectivity index (χ0n) is 13.9. The Balaban J connectivity index is 1.73. The zero-order chi connectivity index (χ0) is 16.2. The van der Waals surface area contributed by atoms with Gasteiger partial charge in [-0.2, -0.15) is 0 Å². The first kappa shape index (κ1) is 15.0. The van der Waals surface area contributed by atoms with Crippen LogP contribution in [0.25, 0.3) is 0 Å². The van der Waals surface area contributed by atoms with Crippen LogP contribution in [-0.2, 0) is 0 Å². The first-order valence-electron chi connectivity index (χ1n) is 8.90. The molecule has 4 rings (SSSR count). The number of hydrogen-bond donors (Lipinski definition) is 0. The summed E-state index contributed by atoms with van der Waals surface area (Å²) in [4.78, 5) is 2.35. The summed E-state index contributed by atoms with van der Waals surface area (Å²) < 4.78 is 0. The van der Waals surface area contributed by atoms with E-state index in [1.54, 1.807) is 0 Å². The number of anilines is 2. The molecule has 2 aliphatic rings. The van der Waals surface area contributed by atoms with Crippen molar-refractivity contribution in [3.8, 4) is 0 Å². The van der Waals surface area contributed by atoms with Gasteiger partial charge in [-0.15, -0.1) is 0 Å². The van der Waals surface area contributed by atoms with Gasteiger partial charge in [0.15, 0.2) is 0 Å². The second-order valence-corrected chi connectivity index (χ2v) is 6.53. The van der Waals surface area contributed by atoms with Gasteiger partial charge in [0.25, 0.3) is 0 Å². The van der Waals surface area contributed by atoms with Crippen molar-refractivity contribution in [3.63, 3.8) is 0 Å². The summed E-state index contributed by atoms with van der Waals surface area (Å²) in [6.45, 7) is 0. The van der Waals surface area contributed by atoms with E-state index < -0.39 is 0 Å². The fourth-order valence-corrected chi connectivity index (χ4v) is 3.23. The first-order valence-corrected chi connectivity index (χ1v) is 8.90. The van der Waals surface area contributed by atoms with Gasteiger partial charge >= 0.3 is 0 Å². The average Bonchev–Trinajstić information content (AvgIpc) is 3.43. The summed E-state index contributed by atoms with van der Waals surface area (Å²) in [6.07, 6.45) is 15.9. The Morgan fingerprint density at radius 1 is 0.750 bits per heavy atom. The molecule has 24 heavy (non-hydrogen) atoms. The molecule has 1 fully saturated rings. The third kappa shape index (κ3) is 3.35. The van der Waals surface area contributed by atoms with Crippen molar-refractivity contribution in [1.29, 1.82) is 0 Å². The monoisotopic (exact) mass is 313 g/mol. The molecule has 2 aromatic carbocycles. The van der Waals surface area contributed by atoms with E-state index in [1.165, 1.54) is 35.5 Å². The van der Waals surface area contributed by atoms with Gasteiger partial charge in [-0.3, -0.25) is 0 Å². The van der Waals surface area contributed by atoms with Crippen molar-refractivity contribution in [2.24, 2.45) is 0 Å². The molecule has 0 aromatic heterocycles. The van der Waals surface area contributed by atoms with E-state index >= 15 is 0 Å². The van der Waals surface area contributed by atoms with Crippen molar-refractivity contribution in [2.45, 2.75) is 31.6 Å². The quantitative estimate of drug-likeness (QED) is 0.623. The molecular weight excluding hydrogens is 290 g/mol. The molecule has 1 saturated carbocycles. The molecule has 0 atom stereocenters. The Morgan fingerprint density at radius 2 is 1.50 bits per heavy atom. The molecule has 120 valence electrons. The molecule has 0 spiro atoms. The highest BCUT2D eigenvalue weighted by atomic mass is 15.1. The van der Waals surface area contributed by atoms with Gasteiger partial charge in [0.2, 0.25) is 0 Å². The zero-order valence-corrected chi connectivity index (χ0v) is 13.9. The number of hydrogen-bond acceptors (Lipinski definition) is 1. The normalized spacial score (nSPS) is 21.9. The molecule has 0 N–H and O–H groups in total. The Kier molecular flexibility index (Phi) is 4.33. The Labute approximate surface area is 144 Å². The molecule has 0 unspecified atom stereocenters. The van der Waals surface area contributed by atoms with Crippen molar-refractivity contribution in [1.82, 2.24) is 0 Å². The highest BCUT2D eigenvalue weighted by molar-refractivity contribution is 5.70. The van der Waals surface area contributed by atoms with Crippen LogP contribution in [0.2, 0.25) is 0 Å². The molecule has 0 amide bonds. The molecule has 0 heterocycles. The van der Waals surface area contributed by atoms with Gasteiger partial charge in [-0.1, -0.05) is 54.6 Å². The molecular formula is C23H23N. The molecule has 0 saturated heterocycles. The van der Waals surface area contributed by atoms with E-state index in [1.807, 2.05) is 0 Å². The van der Waals surface area contributed by atoms with Gasteiger partial charge in [-0.25, -0.2) is 0 Å². The van der Waals surface area contributed by atoms with Crippen LogP contribution < -0.4 is 4.90 Å². The van der Waals surface area contributed by atoms with Crippen LogP contribution in [0.15, 0.2) is 90.7 Å². The topological polar surface area (TPSA) is 3.24 Å². The fraction of sp³-hybridized carbons (Fsp3) is 0.217. The highest BCUT2D eigenvalue weighted by Crippen LogP contribution is 2.41. The standard InChI is InChI=1S/C23H23N/c1-2-5-9-21(10-6-3-1)24(22-11-7-4-8-12-22)23-17-15-20(16-18-23)19-13-14-19/h1-2,4-5,7-12,15-19H,3,6,13-14H2/b2-1-,9-5-,21-10+. The second-order valence-electron chi connectivity index (χ2n) is 6.53. The van der Waals surface area contributed by atoms with Crippen molar-refractivity contribution < 1.29 is 0 Å². The lowest BCUT2D eigenvalue weighted by molar-refractivity contribution is 1.02. The van der Waals surface area contributed by atoms with Gasteiger partial charge < -0.3 is 4.90 Å². The lowest BCUT2D eigenvalue weighted by Gasteiger charge is -2.27.